The van der Waals surface area contributed by atoms with Crippen molar-refractivity contribution in [2.45, 2.75) is 0 Å². The zero-order valence-corrected chi connectivity index (χ0v) is 19.4. The predicted molar refractivity (Wildman–Crippen MR) is 138 cm³/mol. The highest BCUT2D eigenvalue weighted by Crippen LogP contribution is 2.28. The van der Waals surface area contributed by atoms with Gasteiger partial charge in [-0.1, -0.05) is 48.5 Å². The molecule has 0 aliphatic rings. The van der Waals surface area contributed by atoms with E-state index in [-0.39, 0.29) is 0 Å². The summed E-state index contributed by atoms with van der Waals surface area (Å²) >= 11 is 0. The molecule has 0 radical (unpaired) electrons. The third-order valence-corrected chi connectivity index (χ3v) is 5.26. The lowest BCUT2D eigenvalue weighted by molar-refractivity contribution is 0.414. The van der Waals surface area contributed by atoms with Gasteiger partial charge in [-0.05, 0) is 54.6 Å². The number of hydrogen-bond acceptors (Lipinski definition) is 5. The van der Waals surface area contributed by atoms with Crippen molar-refractivity contribution < 1.29 is 14.2 Å². The van der Waals surface area contributed by atoms with Crippen molar-refractivity contribution in [3.8, 4) is 28.6 Å². The van der Waals surface area contributed by atoms with E-state index in [1.165, 1.54) is 0 Å². The number of aromatic nitrogens is 2. The monoisotopic (exact) mass is 450 g/mol. The normalized spacial score (nSPS) is 11.1. The molecule has 0 atom stereocenters. The van der Waals surface area contributed by atoms with Gasteiger partial charge < -0.3 is 14.2 Å². The quantitative estimate of drug-likeness (QED) is 0.306. The molecule has 0 N–H and O–H groups in total. The lowest BCUT2D eigenvalue weighted by Crippen LogP contribution is -1.97. The minimum absolute atomic E-state index is 0.583. The maximum absolute atomic E-state index is 5.55. The predicted octanol–water partition coefficient (Wildman–Crippen LogP) is 6.51. The minimum Gasteiger partial charge on any atom is -0.496 e. The van der Waals surface area contributed by atoms with E-state index in [1.807, 2.05) is 103 Å². The van der Waals surface area contributed by atoms with E-state index < -0.39 is 0 Å². The van der Waals surface area contributed by atoms with Gasteiger partial charge in [0.25, 0.3) is 0 Å². The first kappa shape index (κ1) is 22.8. The molecule has 0 saturated heterocycles. The Labute approximate surface area is 200 Å². The Balaban J connectivity index is 1.78. The molecule has 0 aliphatic heterocycles. The van der Waals surface area contributed by atoms with E-state index >= 15 is 0 Å². The van der Waals surface area contributed by atoms with Crippen molar-refractivity contribution in [1.29, 1.82) is 0 Å². The molecule has 1 aromatic heterocycles. The van der Waals surface area contributed by atoms with Crippen molar-refractivity contribution in [3.63, 3.8) is 0 Å². The van der Waals surface area contributed by atoms with Crippen LogP contribution in [0.4, 0.5) is 0 Å². The van der Waals surface area contributed by atoms with Crippen molar-refractivity contribution in [3.05, 3.63) is 101 Å². The van der Waals surface area contributed by atoms with E-state index in [4.69, 9.17) is 24.2 Å². The maximum atomic E-state index is 5.55. The molecule has 0 amide bonds. The van der Waals surface area contributed by atoms with Crippen LogP contribution in [0.5, 0.6) is 17.2 Å². The summed E-state index contributed by atoms with van der Waals surface area (Å²) in [4.78, 5) is 9.59. The Hall–Kier alpha value is -4.38. The highest BCUT2D eigenvalue weighted by atomic mass is 16.5. The largest absolute Gasteiger partial charge is 0.496 e. The highest BCUT2D eigenvalue weighted by Gasteiger charge is 2.10. The molecular formula is C29H26N2O3. The first-order valence-electron chi connectivity index (χ1n) is 10.9. The lowest BCUT2D eigenvalue weighted by atomic mass is 10.1. The standard InChI is InChI=1S/C29H26N2O3/c1-32-26-13-7-4-10-21(26)16-18-23-20-24(19-17-22-11-5-8-14-27(22)33-2)31-29(30-23)25-12-6-9-15-28(25)34-3/h4-20H,1-3H3. The SMILES string of the molecule is COc1ccccc1C=Cc1cc(C=Cc2ccccc2OC)nc(-c2ccccc2OC)n1. The molecule has 4 rings (SSSR count). The Kier molecular flexibility index (Phi) is 7.35. The number of rotatable bonds is 8. The Morgan fingerprint density at radius 2 is 0.971 bits per heavy atom. The topological polar surface area (TPSA) is 53.5 Å². The Morgan fingerprint density at radius 1 is 0.529 bits per heavy atom. The van der Waals surface area contributed by atoms with Gasteiger partial charge in [0.05, 0.1) is 38.3 Å². The lowest BCUT2D eigenvalue weighted by Gasteiger charge is -2.09. The molecule has 34 heavy (non-hydrogen) atoms. The summed E-state index contributed by atoms with van der Waals surface area (Å²) in [6, 6.07) is 25.4. The van der Waals surface area contributed by atoms with Gasteiger partial charge in [-0.2, -0.15) is 0 Å². The fourth-order valence-corrected chi connectivity index (χ4v) is 3.56. The second-order valence-electron chi connectivity index (χ2n) is 7.39. The van der Waals surface area contributed by atoms with Gasteiger partial charge in [-0.15, -0.1) is 0 Å². The van der Waals surface area contributed by atoms with Crippen molar-refractivity contribution in [1.82, 2.24) is 9.97 Å². The van der Waals surface area contributed by atoms with Crippen LogP contribution in [-0.2, 0) is 0 Å². The summed E-state index contributed by atoms with van der Waals surface area (Å²) in [5.74, 6) is 2.90. The molecular weight excluding hydrogens is 424 g/mol. The van der Waals surface area contributed by atoms with E-state index in [2.05, 4.69) is 0 Å². The van der Waals surface area contributed by atoms with Crippen LogP contribution in [0.1, 0.15) is 22.5 Å². The van der Waals surface area contributed by atoms with Gasteiger partial charge >= 0.3 is 0 Å². The molecule has 4 aromatic rings. The van der Waals surface area contributed by atoms with Crippen molar-refractivity contribution >= 4 is 24.3 Å². The summed E-state index contributed by atoms with van der Waals surface area (Å²) in [5, 5.41) is 0. The van der Waals surface area contributed by atoms with Crippen LogP contribution in [0, 0.1) is 0 Å². The zero-order chi connectivity index (χ0) is 23.8. The Bertz CT molecular complexity index is 1250. The first-order chi connectivity index (χ1) is 16.7. The number of hydrogen-bond donors (Lipinski definition) is 0. The van der Waals surface area contributed by atoms with Gasteiger partial charge in [-0.3, -0.25) is 0 Å². The second-order valence-corrected chi connectivity index (χ2v) is 7.39. The van der Waals surface area contributed by atoms with Gasteiger partial charge in [0, 0.05) is 11.1 Å². The summed E-state index contributed by atoms with van der Waals surface area (Å²) in [7, 11) is 4.97. The van der Waals surface area contributed by atoms with E-state index in [9.17, 15) is 0 Å². The molecule has 5 heteroatoms. The fourth-order valence-electron chi connectivity index (χ4n) is 3.56. The van der Waals surface area contributed by atoms with Gasteiger partial charge in [-0.25, -0.2) is 9.97 Å². The molecule has 1 heterocycles. The molecule has 0 unspecified atom stereocenters. The Morgan fingerprint density at radius 3 is 1.47 bits per heavy atom. The van der Waals surface area contributed by atoms with Crippen LogP contribution in [0.3, 0.4) is 0 Å². The van der Waals surface area contributed by atoms with Crippen LogP contribution >= 0.6 is 0 Å². The molecule has 170 valence electrons. The molecule has 0 aliphatic carbocycles. The molecule has 0 saturated carbocycles. The summed E-state index contributed by atoms with van der Waals surface area (Å²) in [5.41, 5.74) is 4.29. The average molecular weight is 451 g/mol. The second kappa shape index (κ2) is 11.0. The van der Waals surface area contributed by atoms with Crippen LogP contribution in [0.25, 0.3) is 35.7 Å². The van der Waals surface area contributed by atoms with E-state index in [0.29, 0.717) is 11.6 Å². The number of nitrogens with zero attached hydrogens (tertiary/aromatic N) is 2. The molecule has 0 bridgehead atoms. The zero-order valence-electron chi connectivity index (χ0n) is 19.4. The number of benzene rings is 3. The number of para-hydroxylation sites is 3. The third-order valence-electron chi connectivity index (χ3n) is 5.26. The third kappa shape index (κ3) is 5.33. The van der Waals surface area contributed by atoms with E-state index in [0.717, 1.165) is 39.6 Å². The fraction of sp³-hybridized carbons (Fsp3) is 0.103. The van der Waals surface area contributed by atoms with E-state index in [1.54, 1.807) is 21.3 Å². The van der Waals surface area contributed by atoms with Gasteiger partial charge in [0.15, 0.2) is 5.82 Å². The number of ether oxygens (including phenoxy) is 3. The van der Waals surface area contributed by atoms with Crippen LogP contribution in [0.2, 0.25) is 0 Å². The first-order valence-corrected chi connectivity index (χ1v) is 10.9. The molecule has 0 fully saturated rings. The van der Waals surface area contributed by atoms with Crippen molar-refractivity contribution in [2.24, 2.45) is 0 Å². The highest BCUT2D eigenvalue weighted by molar-refractivity contribution is 5.76. The minimum atomic E-state index is 0.583. The van der Waals surface area contributed by atoms with Crippen LogP contribution in [-0.4, -0.2) is 31.3 Å². The number of methoxy groups -OCH3 is 3. The van der Waals surface area contributed by atoms with Gasteiger partial charge in [0.2, 0.25) is 0 Å². The molecule has 3 aromatic carbocycles. The molecule has 0 spiro atoms. The molecule has 5 nitrogen and oxygen atoms in total. The van der Waals surface area contributed by atoms with Crippen LogP contribution in [0.15, 0.2) is 78.9 Å². The maximum Gasteiger partial charge on any atom is 0.164 e. The summed E-state index contributed by atoms with van der Waals surface area (Å²) in [6.45, 7) is 0. The van der Waals surface area contributed by atoms with Gasteiger partial charge in [0.1, 0.15) is 17.2 Å². The average Bonchev–Trinajstić information content (AvgIpc) is 2.90. The van der Waals surface area contributed by atoms with Crippen LogP contribution < -0.4 is 14.2 Å². The summed E-state index contributed by atoms with van der Waals surface area (Å²) < 4.78 is 16.5. The summed E-state index contributed by atoms with van der Waals surface area (Å²) in [6.07, 6.45) is 7.89. The smallest absolute Gasteiger partial charge is 0.164 e. The van der Waals surface area contributed by atoms with Crippen molar-refractivity contribution in [2.75, 3.05) is 21.3 Å².